The highest BCUT2D eigenvalue weighted by molar-refractivity contribution is 7.45. The summed E-state index contributed by atoms with van der Waals surface area (Å²) in [6, 6.07) is -0.902. The second kappa shape index (κ2) is 48.3. The molecule has 0 saturated carbocycles. The second-order valence-electron chi connectivity index (χ2n) is 20.1. The molecular formula is C58H107N2O7P. The van der Waals surface area contributed by atoms with Crippen molar-refractivity contribution in [1.82, 2.24) is 5.32 Å². The Morgan fingerprint density at radius 3 is 1.43 bits per heavy atom. The predicted molar refractivity (Wildman–Crippen MR) is 289 cm³/mol. The van der Waals surface area contributed by atoms with Crippen molar-refractivity contribution in [3.05, 3.63) is 60.8 Å². The Kier molecular flexibility index (Phi) is 46.7. The maximum atomic E-state index is 13.5. The van der Waals surface area contributed by atoms with Gasteiger partial charge in [-0.05, 0) is 70.3 Å². The fourth-order valence-corrected chi connectivity index (χ4v) is 8.59. The van der Waals surface area contributed by atoms with Gasteiger partial charge < -0.3 is 28.5 Å². The summed E-state index contributed by atoms with van der Waals surface area (Å²) in [5.41, 5.74) is 0. The quantitative estimate of drug-likeness (QED) is 0.0212. The molecule has 0 radical (unpaired) electrons. The maximum Gasteiger partial charge on any atom is 0.306 e. The highest BCUT2D eigenvalue weighted by atomic mass is 31.2. The van der Waals surface area contributed by atoms with E-state index in [0.717, 1.165) is 83.5 Å². The lowest BCUT2D eigenvalue weighted by Gasteiger charge is -2.30. The van der Waals surface area contributed by atoms with Gasteiger partial charge in [-0.3, -0.25) is 14.2 Å². The Labute approximate surface area is 420 Å². The van der Waals surface area contributed by atoms with E-state index >= 15 is 0 Å². The summed E-state index contributed by atoms with van der Waals surface area (Å²) in [5.74, 6) is -0.574. The number of unbranched alkanes of at least 4 members (excludes halogenated alkanes) is 26. The zero-order valence-corrected chi connectivity index (χ0v) is 45.9. The van der Waals surface area contributed by atoms with Crippen molar-refractivity contribution < 1.29 is 37.3 Å². The van der Waals surface area contributed by atoms with Gasteiger partial charge in [0.15, 0.2) is 0 Å². The number of rotatable bonds is 50. The van der Waals surface area contributed by atoms with Gasteiger partial charge in [-0.1, -0.05) is 223 Å². The van der Waals surface area contributed by atoms with E-state index in [0.29, 0.717) is 17.4 Å². The summed E-state index contributed by atoms with van der Waals surface area (Å²) in [7, 11) is 1.16. The largest absolute Gasteiger partial charge is 0.756 e. The molecule has 0 saturated heterocycles. The van der Waals surface area contributed by atoms with Gasteiger partial charge in [-0.2, -0.15) is 0 Å². The van der Waals surface area contributed by atoms with Crippen molar-refractivity contribution in [2.24, 2.45) is 0 Å². The Morgan fingerprint density at radius 1 is 0.529 bits per heavy atom. The van der Waals surface area contributed by atoms with E-state index in [1.807, 2.05) is 33.3 Å². The van der Waals surface area contributed by atoms with Gasteiger partial charge in [0, 0.05) is 12.8 Å². The molecule has 10 heteroatoms. The lowest BCUT2D eigenvalue weighted by Crippen LogP contribution is -2.47. The molecule has 0 rings (SSSR count). The van der Waals surface area contributed by atoms with Gasteiger partial charge in [0.1, 0.15) is 19.3 Å². The first-order chi connectivity index (χ1) is 32.9. The molecule has 0 aromatic heterocycles. The third-order valence-electron chi connectivity index (χ3n) is 12.2. The third kappa shape index (κ3) is 48.7. The molecule has 9 nitrogen and oxygen atoms in total. The van der Waals surface area contributed by atoms with Crippen LogP contribution in [0.2, 0.25) is 0 Å². The molecule has 0 aromatic rings. The molecule has 0 heterocycles. The van der Waals surface area contributed by atoms with E-state index in [2.05, 4.69) is 74.7 Å². The first-order valence-electron chi connectivity index (χ1n) is 28.1. The molecule has 3 atom stereocenters. The van der Waals surface area contributed by atoms with E-state index in [-0.39, 0.29) is 31.3 Å². The van der Waals surface area contributed by atoms with Gasteiger partial charge >= 0.3 is 5.97 Å². The van der Waals surface area contributed by atoms with Gasteiger partial charge in [0.05, 0.1) is 33.8 Å². The Morgan fingerprint density at radius 2 is 0.941 bits per heavy atom. The molecule has 0 aliphatic carbocycles. The van der Waals surface area contributed by atoms with Crippen LogP contribution in [0.1, 0.15) is 245 Å². The first-order valence-corrected chi connectivity index (χ1v) is 29.6. The molecule has 0 aliphatic rings. The highest BCUT2D eigenvalue weighted by Crippen LogP contribution is 2.38. The van der Waals surface area contributed by atoms with Crippen LogP contribution in [0.15, 0.2) is 60.8 Å². The minimum atomic E-state index is -4.70. The lowest BCUT2D eigenvalue weighted by molar-refractivity contribution is -0.870. The number of esters is 1. The van der Waals surface area contributed by atoms with Crippen LogP contribution < -0.4 is 10.2 Å². The van der Waals surface area contributed by atoms with Crippen molar-refractivity contribution in [1.29, 1.82) is 0 Å². The predicted octanol–water partition coefficient (Wildman–Crippen LogP) is 16.1. The molecule has 0 aliphatic heterocycles. The number of hydrogen-bond acceptors (Lipinski definition) is 7. The van der Waals surface area contributed by atoms with E-state index in [4.69, 9.17) is 13.8 Å². The van der Waals surface area contributed by atoms with Crippen molar-refractivity contribution in [3.8, 4) is 0 Å². The third-order valence-corrected chi connectivity index (χ3v) is 13.2. The van der Waals surface area contributed by atoms with Crippen molar-refractivity contribution >= 4 is 19.7 Å². The molecule has 0 aromatic carbocycles. The summed E-state index contributed by atoms with van der Waals surface area (Å²) >= 11 is 0. The molecule has 0 bridgehead atoms. The molecule has 68 heavy (non-hydrogen) atoms. The molecule has 0 fully saturated rings. The number of phosphoric ester groups is 1. The molecule has 0 spiro atoms. The Hall–Kier alpha value is -2.29. The van der Waals surface area contributed by atoms with E-state index in [9.17, 15) is 19.0 Å². The van der Waals surface area contributed by atoms with Crippen molar-refractivity contribution in [2.45, 2.75) is 258 Å². The number of phosphoric acid groups is 1. The smallest absolute Gasteiger partial charge is 0.306 e. The number of ether oxygens (including phenoxy) is 1. The molecular weight excluding hydrogens is 868 g/mol. The number of allylic oxidation sites excluding steroid dienone is 9. The summed E-state index contributed by atoms with van der Waals surface area (Å²) in [6.07, 6.45) is 59.0. The number of quaternary nitrogens is 1. The van der Waals surface area contributed by atoms with E-state index in [1.165, 1.54) is 122 Å². The van der Waals surface area contributed by atoms with Crippen LogP contribution >= 0.6 is 7.82 Å². The monoisotopic (exact) mass is 975 g/mol. The fraction of sp³-hybridized carbons (Fsp3) is 0.793. The molecule has 3 unspecified atom stereocenters. The van der Waals surface area contributed by atoms with Crippen LogP contribution in [-0.2, 0) is 27.9 Å². The van der Waals surface area contributed by atoms with Crippen molar-refractivity contribution in [3.63, 3.8) is 0 Å². The number of carbonyl (C=O) groups excluding carboxylic acids is 2. The van der Waals surface area contributed by atoms with Crippen LogP contribution in [0.3, 0.4) is 0 Å². The minimum absolute atomic E-state index is 0.0292. The van der Waals surface area contributed by atoms with Crippen LogP contribution in [-0.4, -0.2) is 69.4 Å². The van der Waals surface area contributed by atoms with Gasteiger partial charge in [-0.15, -0.1) is 0 Å². The van der Waals surface area contributed by atoms with Crippen LogP contribution in [0.25, 0.3) is 0 Å². The summed E-state index contributed by atoms with van der Waals surface area (Å²) < 4.78 is 30.2. The topological polar surface area (TPSA) is 114 Å². The van der Waals surface area contributed by atoms with E-state index in [1.54, 1.807) is 0 Å². The number of amides is 1. The van der Waals surface area contributed by atoms with Crippen molar-refractivity contribution in [2.75, 3.05) is 40.9 Å². The van der Waals surface area contributed by atoms with Gasteiger partial charge in [0.2, 0.25) is 5.91 Å². The summed E-state index contributed by atoms with van der Waals surface area (Å²) in [4.78, 5) is 39.8. The van der Waals surface area contributed by atoms with Crippen LogP contribution in [0.5, 0.6) is 0 Å². The first kappa shape index (κ1) is 65.7. The number of nitrogens with one attached hydrogen (secondary N) is 1. The number of likely N-dealkylation sites (N-methyl/N-ethyl adjacent to an activating group) is 1. The Bertz CT molecular complexity index is 1350. The normalized spacial score (nSPS) is 14.3. The Balaban J connectivity index is 5.42. The van der Waals surface area contributed by atoms with Crippen LogP contribution in [0, 0.1) is 0 Å². The highest BCUT2D eigenvalue weighted by Gasteiger charge is 2.27. The fourth-order valence-electron chi connectivity index (χ4n) is 7.87. The summed E-state index contributed by atoms with van der Waals surface area (Å²) in [6.45, 7) is 6.70. The zero-order valence-electron chi connectivity index (χ0n) is 45.1. The molecule has 1 amide bonds. The average molecular weight is 975 g/mol. The average Bonchev–Trinajstić information content (AvgIpc) is 3.29. The second-order valence-corrected chi connectivity index (χ2v) is 21.5. The molecule has 396 valence electrons. The van der Waals surface area contributed by atoms with E-state index < -0.39 is 26.6 Å². The van der Waals surface area contributed by atoms with Gasteiger partial charge in [0.25, 0.3) is 7.82 Å². The maximum absolute atomic E-state index is 13.5. The SMILES string of the molecule is CC/C=C/C/C=C/C/C=C/C/C=C/CCCCCC(=O)NC(COP(=O)([O-])OCC[N+](C)(C)C)C(/C=C/CCCCCCCCCCCC)OC(=O)CCCCCCCCCCCCCCCC. The number of nitrogens with zero attached hydrogens (tertiary/aromatic N) is 1. The zero-order chi connectivity index (χ0) is 50.1. The minimum Gasteiger partial charge on any atom is -0.756 e. The van der Waals surface area contributed by atoms with Crippen LogP contribution in [0.4, 0.5) is 0 Å². The standard InChI is InChI=1S/C58H107N2O7P/c1-7-10-13-16-19-22-25-28-30-31-32-35-38-41-44-47-50-57(61)59-55(54-66-68(63,64)65-53-52-60(4,5)6)56(49-46-43-40-37-34-27-24-21-18-15-12-9-3)67-58(62)51-48-45-42-39-36-33-29-26-23-20-17-14-11-8-2/h10,13,19,22,28,30,32,35,46,49,55-56H,7-9,11-12,14-18,20-21,23-27,29,31,33-34,36-45,47-48,50-54H2,1-6H3,(H-,59,61,63,64)/b13-10+,22-19+,30-28+,35-32+,49-46+. The number of hydrogen-bond donors (Lipinski definition) is 1. The lowest BCUT2D eigenvalue weighted by atomic mass is 10.0. The van der Waals surface area contributed by atoms with Gasteiger partial charge in [-0.25, -0.2) is 0 Å². The number of carbonyl (C=O) groups is 2. The summed E-state index contributed by atoms with van der Waals surface area (Å²) in [5, 5.41) is 3.00. The molecule has 1 N–H and O–H groups in total.